The number of aliphatic hydroxyl groups is 1. The number of nitrogens with one attached hydrogen (secondary N) is 1. The standard InChI is InChI=1S/C61H123N2O6P/c1-6-8-10-12-14-16-18-20-22-24-26-28-30-31-32-33-35-37-39-41-43-45-47-49-51-53-55-61(65)62-59(58-69-70(66,67)68-57-56-63(3,4)5)60(64)54-52-50-48-46-44-42-40-38-36-34-29-27-25-23-21-19-17-15-13-11-9-7-2/h52,54,59-60,64H,6-51,53,55-58H2,1-5H3,(H-,62,65,66,67)/b54-52+. The molecule has 0 fully saturated rings. The molecule has 2 N–H and O–H groups in total. The van der Waals surface area contributed by atoms with Gasteiger partial charge in [0.25, 0.3) is 7.82 Å². The number of amides is 1. The summed E-state index contributed by atoms with van der Waals surface area (Å²) in [6, 6.07) is -0.882. The van der Waals surface area contributed by atoms with Crippen LogP contribution in [0.1, 0.15) is 322 Å². The average molecular weight is 1010 g/mol. The van der Waals surface area contributed by atoms with Gasteiger partial charge in [-0.2, -0.15) is 0 Å². The van der Waals surface area contributed by atoms with Crippen LogP contribution >= 0.6 is 7.82 Å². The molecule has 3 atom stereocenters. The maximum Gasteiger partial charge on any atom is 0.268 e. The van der Waals surface area contributed by atoms with Crippen molar-refractivity contribution in [2.24, 2.45) is 0 Å². The highest BCUT2D eigenvalue weighted by Crippen LogP contribution is 2.38. The van der Waals surface area contributed by atoms with Crippen LogP contribution in [0.5, 0.6) is 0 Å². The molecule has 0 aliphatic carbocycles. The number of hydrogen-bond acceptors (Lipinski definition) is 6. The molecule has 0 aromatic carbocycles. The van der Waals surface area contributed by atoms with Crippen molar-refractivity contribution in [1.29, 1.82) is 0 Å². The number of phosphoric acid groups is 1. The summed E-state index contributed by atoms with van der Waals surface area (Å²) in [5.74, 6) is -0.189. The summed E-state index contributed by atoms with van der Waals surface area (Å²) < 4.78 is 23.4. The summed E-state index contributed by atoms with van der Waals surface area (Å²) in [6.45, 7) is 4.71. The van der Waals surface area contributed by atoms with Gasteiger partial charge in [-0.25, -0.2) is 0 Å². The van der Waals surface area contributed by atoms with Crippen LogP contribution in [0.4, 0.5) is 0 Å². The van der Waals surface area contributed by atoms with Crippen molar-refractivity contribution in [2.75, 3.05) is 40.9 Å². The number of aliphatic hydroxyl groups excluding tert-OH is 1. The second kappa shape index (κ2) is 53.1. The zero-order valence-electron chi connectivity index (χ0n) is 47.8. The fourth-order valence-electron chi connectivity index (χ4n) is 9.63. The van der Waals surface area contributed by atoms with Gasteiger partial charge in [0.2, 0.25) is 5.91 Å². The van der Waals surface area contributed by atoms with Crippen molar-refractivity contribution >= 4 is 13.7 Å². The molecule has 3 unspecified atom stereocenters. The van der Waals surface area contributed by atoms with Gasteiger partial charge < -0.3 is 28.8 Å². The minimum Gasteiger partial charge on any atom is -0.756 e. The predicted molar refractivity (Wildman–Crippen MR) is 302 cm³/mol. The Bertz CT molecular complexity index is 1150. The molecule has 0 saturated carbocycles. The molecular formula is C61H123N2O6P. The first kappa shape index (κ1) is 69.2. The highest BCUT2D eigenvalue weighted by Gasteiger charge is 2.23. The van der Waals surface area contributed by atoms with Crippen LogP contribution in [-0.4, -0.2) is 68.5 Å². The lowest BCUT2D eigenvalue weighted by molar-refractivity contribution is -0.870. The Morgan fingerprint density at radius 3 is 1.07 bits per heavy atom. The Kier molecular flexibility index (Phi) is 52.5. The molecular weight excluding hydrogens is 888 g/mol. The van der Waals surface area contributed by atoms with Crippen LogP contribution in [0.15, 0.2) is 12.2 Å². The highest BCUT2D eigenvalue weighted by atomic mass is 31.2. The fourth-order valence-corrected chi connectivity index (χ4v) is 10.4. The number of unbranched alkanes of at least 4 members (excludes halogenated alkanes) is 45. The molecule has 0 radical (unpaired) electrons. The molecule has 0 aliphatic rings. The van der Waals surface area contributed by atoms with Crippen molar-refractivity contribution in [1.82, 2.24) is 5.32 Å². The summed E-state index contributed by atoms with van der Waals surface area (Å²) in [6.07, 6.45) is 65.8. The first-order valence-corrected chi connectivity index (χ1v) is 32.5. The average Bonchev–Trinajstić information content (AvgIpc) is 3.32. The number of quaternary nitrogens is 1. The Labute approximate surface area is 437 Å². The molecule has 70 heavy (non-hydrogen) atoms. The molecule has 0 aromatic heterocycles. The predicted octanol–water partition coefficient (Wildman–Crippen LogP) is 18.4. The molecule has 0 heterocycles. The number of phosphoric ester groups is 1. The maximum atomic E-state index is 13.0. The fraction of sp³-hybridized carbons (Fsp3) is 0.951. The van der Waals surface area contributed by atoms with E-state index in [9.17, 15) is 19.4 Å². The van der Waals surface area contributed by atoms with Gasteiger partial charge >= 0.3 is 0 Å². The van der Waals surface area contributed by atoms with E-state index in [1.165, 1.54) is 263 Å². The van der Waals surface area contributed by atoms with Crippen molar-refractivity contribution in [2.45, 2.75) is 334 Å². The van der Waals surface area contributed by atoms with E-state index in [1.807, 2.05) is 27.2 Å². The molecule has 0 spiro atoms. The Hall–Kier alpha value is -0.760. The Morgan fingerprint density at radius 2 is 0.771 bits per heavy atom. The number of likely N-dealkylation sites (N-methyl/N-ethyl adjacent to an activating group) is 1. The van der Waals surface area contributed by atoms with E-state index in [2.05, 4.69) is 19.2 Å². The molecule has 0 aliphatic heterocycles. The van der Waals surface area contributed by atoms with Gasteiger partial charge in [-0.3, -0.25) is 9.36 Å². The minimum atomic E-state index is -4.59. The lowest BCUT2D eigenvalue weighted by Crippen LogP contribution is -2.45. The third-order valence-corrected chi connectivity index (χ3v) is 15.5. The molecule has 0 aromatic rings. The van der Waals surface area contributed by atoms with Crippen molar-refractivity contribution in [3.63, 3.8) is 0 Å². The second-order valence-corrected chi connectivity index (χ2v) is 24.2. The van der Waals surface area contributed by atoms with E-state index in [-0.39, 0.29) is 19.1 Å². The van der Waals surface area contributed by atoms with Crippen LogP contribution in [-0.2, 0) is 18.4 Å². The second-order valence-electron chi connectivity index (χ2n) is 22.8. The monoisotopic (exact) mass is 1010 g/mol. The Balaban J connectivity index is 4.12. The largest absolute Gasteiger partial charge is 0.756 e. The normalized spacial score (nSPS) is 13.9. The Morgan fingerprint density at radius 1 is 0.486 bits per heavy atom. The summed E-state index contributed by atoms with van der Waals surface area (Å²) >= 11 is 0. The summed E-state index contributed by atoms with van der Waals surface area (Å²) in [5.41, 5.74) is 0. The molecule has 0 bridgehead atoms. The highest BCUT2D eigenvalue weighted by molar-refractivity contribution is 7.45. The SMILES string of the molecule is CCCCCCCCCCCCCCCCCCCCCC/C=C/C(O)C(COP(=O)([O-])OCC[N+](C)(C)C)NC(=O)CCCCCCCCCCCCCCCCCCCCCCCCCCCC. The van der Waals surface area contributed by atoms with Gasteiger partial charge in [0, 0.05) is 6.42 Å². The lowest BCUT2D eigenvalue weighted by atomic mass is 10.0. The molecule has 9 heteroatoms. The quantitative estimate of drug-likeness (QED) is 0.0272. The van der Waals surface area contributed by atoms with Gasteiger partial charge in [-0.15, -0.1) is 0 Å². The summed E-state index contributed by atoms with van der Waals surface area (Å²) in [5, 5.41) is 13.9. The van der Waals surface area contributed by atoms with Crippen LogP contribution in [0, 0.1) is 0 Å². The van der Waals surface area contributed by atoms with Crippen LogP contribution < -0.4 is 10.2 Å². The van der Waals surface area contributed by atoms with Crippen molar-refractivity contribution in [3.05, 3.63) is 12.2 Å². The van der Waals surface area contributed by atoms with Crippen LogP contribution in [0.2, 0.25) is 0 Å². The van der Waals surface area contributed by atoms with Crippen molar-refractivity contribution in [3.8, 4) is 0 Å². The van der Waals surface area contributed by atoms with Gasteiger partial charge in [0.15, 0.2) is 0 Å². The first-order chi connectivity index (χ1) is 34.0. The zero-order valence-corrected chi connectivity index (χ0v) is 48.6. The molecule has 0 rings (SSSR count). The van der Waals surface area contributed by atoms with E-state index in [4.69, 9.17) is 9.05 Å². The van der Waals surface area contributed by atoms with Gasteiger partial charge in [-0.05, 0) is 19.3 Å². The van der Waals surface area contributed by atoms with E-state index in [0.29, 0.717) is 17.4 Å². The van der Waals surface area contributed by atoms with Gasteiger partial charge in [-0.1, -0.05) is 309 Å². The van der Waals surface area contributed by atoms with E-state index in [0.717, 1.165) is 38.5 Å². The first-order valence-electron chi connectivity index (χ1n) is 31.1. The van der Waals surface area contributed by atoms with E-state index < -0.39 is 20.0 Å². The zero-order chi connectivity index (χ0) is 51.3. The number of rotatable bonds is 58. The van der Waals surface area contributed by atoms with Crippen molar-refractivity contribution < 1.29 is 32.9 Å². The van der Waals surface area contributed by atoms with Crippen LogP contribution in [0.3, 0.4) is 0 Å². The number of carbonyl (C=O) groups excluding carboxylic acids is 1. The maximum absolute atomic E-state index is 13.0. The van der Waals surface area contributed by atoms with Gasteiger partial charge in [0.05, 0.1) is 39.9 Å². The number of allylic oxidation sites excluding steroid dienone is 1. The topological polar surface area (TPSA) is 108 Å². The smallest absolute Gasteiger partial charge is 0.268 e. The number of carbonyl (C=O) groups is 1. The molecule has 1 amide bonds. The molecule has 418 valence electrons. The minimum absolute atomic E-state index is 0.00282. The van der Waals surface area contributed by atoms with Crippen LogP contribution in [0.25, 0.3) is 0 Å². The number of hydrogen-bond donors (Lipinski definition) is 2. The van der Waals surface area contributed by atoms with E-state index in [1.54, 1.807) is 6.08 Å². The molecule has 8 nitrogen and oxygen atoms in total. The van der Waals surface area contributed by atoms with E-state index >= 15 is 0 Å². The lowest BCUT2D eigenvalue weighted by Gasteiger charge is -2.29. The summed E-state index contributed by atoms with van der Waals surface area (Å²) in [4.78, 5) is 25.5. The summed E-state index contributed by atoms with van der Waals surface area (Å²) in [7, 11) is 1.28. The third-order valence-electron chi connectivity index (χ3n) is 14.5. The number of nitrogens with zero attached hydrogens (tertiary/aromatic N) is 1. The third kappa shape index (κ3) is 55.0. The van der Waals surface area contributed by atoms with Gasteiger partial charge in [0.1, 0.15) is 13.2 Å². The molecule has 0 saturated heterocycles.